The van der Waals surface area contributed by atoms with Gasteiger partial charge in [-0.1, -0.05) is 30.3 Å². The second-order valence-corrected chi connectivity index (χ2v) is 7.52. The van der Waals surface area contributed by atoms with Gasteiger partial charge in [-0.3, -0.25) is 4.79 Å². The van der Waals surface area contributed by atoms with Gasteiger partial charge in [-0.2, -0.15) is 0 Å². The number of nitrogens with one attached hydrogen (secondary N) is 2. The summed E-state index contributed by atoms with van der Waals surface area (Å²) in [6.07, 6.45) is 0. The Balaban J connectivity index is 1.40. The maximum absolute atomic E-state index is 13.4. The van der Waals surface area contributed by atoms with Crippen LogP contribution < -0.4 is 15.0 Å². The van der Waals surface area contributed by atoms with Crippen molar-refractivity contribution in [3.8, 4) is 11.5 Å². The van der Waals surface area contributed by atoms with E-state index in [2.05, 4.69) is 5.32 Å². The summed E-state index contributed by atoms with van der Waals surface area (Å²) in [6.45, 7) is 3.53. The molecule has 0 bridgehead atoms. The Bertz CT molecular complexity index is 972. The number of amides is 1. The number of hydrogen-bond donors (Lipinski definition) is 2. The minimum Gasteiger partial charge on any atom is -0.457 e. The third-order valence-corrected chi connectivity index (χ3v) is 5.46. The molecule has 3 aromatic carbocycles. The molecule has 0 unspecified atom stereocenters. The quantitative estimate of drug-likeness (QED) is 0.617. The maximum Gasteiger partial charge on any atom is 0.251 e. The molecule has 1 aliphatic heterocycles. The van der Waals surface area contributed by atoms with Crippen LogP contribution in [0.3, 0.4) is 0 Å². The first-order chi connectivity index (χ1) is 15.2. The lowest BCUT2D eigenvalue weighted by Gasteiger charge is -2.32. The minimum absolute atomic E-state index is 0.0362. The number of carbonyl (C=O) groups is 1. The number of ether oxygens (including phenoxy) is 2. The standard InChI is InChI=1S/C25H25FN2O3/c26-21-10-6-19(7-11-21)24(28-14-16-30-17-15-28)18-27-25(29)20-8-12-23(13-9-20)31-22-4-2-1-3-5-22/h1-13,24H,14-18H2,(H,27,29)/p+1/t24-/m1/s1. The lowest BCUT2D eigenvalue weighted by Crippen LogP contribution is -3.15. The van der Waals surface area contributed by atoms with E-state index in [4.69, 9.17) is 9.47 Å². The smallest absolute Gasteiger partial charge is 0.251 e. The normalized spacial score (nSPS) is 15.3. The van der Waals surface area contributed by atoms with Gasteiger partial charge in [0.2, 0.25) is 0 Å². The number of carbonyl (C=O) groups excluding carboxylic acids is 1. The van der Waals surface area contributed by atoms with E-state index in [-0.39, 0.29) is 17.8 Å². The van der Waals surface area contributed by atoms with Crippen LogP contribution in [0.4, 0.5) is 4.39 Å². The number of benzene rings is 3. The molecule has 2 N–H and O–H groups in total. The molecule has 1 fully saturated rings. The molecule has 5 nitrogen and oxygen atoms in total. The molecule has 0 saturated carbocycles. The van der Waals surface area contributed by atoms with Crippen LogP contribution in [-0.4, -0.2) is 38.8 Å². The third kappa shape index (κ3) is 5.69. The van der Waals surface area contributed by atoms with Crippen molar-refractivity contribution in [1.82, 2.24) is 5.32 Å². The molecule has 0 radical (unpaired) electrons. The molecule has 1 atom stereocenters. The Kier molecular flexibility index (Phi) is 6.92. The van der Waals surface area contributed by atoms with Gasteiger partial charge in [0.15, 0.2) is 0 Å². The Labute approximate surface area is 181 Å². The van der Waals surface area contributed by atoms with Crippen LogP contribution in [0.5, 0.6) is 11.5 Å². The van der Waals surface area contributed by atoms with Gasteiger partial charge in [0.05, 0.1) is 19.8 Å². The highest BCUT2D eigenvalue weighted by Crippen LogP contribution is 2.21. The summed E-state index contributed by atoms with van der Waals surface area (Å²) < 4.78 is 24.6. The van der Waals surface area contributed by atoms with Crippen LogP contribution in [0.25, 0.3) is 0 Å². The highest BCUT2D eigenvalue weighted by atomic mass is 19.1. The number of morpholine rings is 1. The zero-order valence-electron chi connectivity index (χ0n) is 17.2. The van der Waals surface area contributed by atoms with Crippen LogP contribution in [0.15, 0.2) is 78.9 Å². The average Bonchev–Trinajstić information content (AvgIpc) is 2.82. The van der Waals surface area contributed by atoms with Crippen molar-refractivity contribution in [2.24, 2.45) is 0 Å². The topological polar surface area (TPSA) is 52.0 Å². The molecule has 0 spiro atoms. The summed E-state index contributed by atoms with van der Waals surface area (Å²) in [5, 5.41) is 3.04. The number of rotatable bonds is 7. The van der Waals surface area contributed by atoms with Crippen molar-refractivity contribution in [2.45, 2.75) is 6.04 Å². The monoisotopic (exact) mass is 421 g/mol. The van der Waals surface area contributed by atoms with E-state index in [0.717, 1.165) is 24.4 Å². The second-order valence-electron chi connectivity index (χ2n) is 7.52. The molecule has 1 heterocycles. The molecule has 3 aromatic rings. The van der Waals surface area contributed by atoms with Gasteiger partial charge in [-0.15, -0.1) is 0 Å². The SMILES string of the molecule is O=C(NC[C@H](c1ccc(F)cc1)[NH+]1CCOCC1)c1ccc(Oc2ccccc2)cc1. The van der Waals surface area contributed by atoms with Crippen molar-refractivity contribution in [3.05, 3.63) is 95.8 Å². The van der Waals surface area contributed by atoms with Gasteiger partial charge >= 0.3 is 0 Å². The van der Waals surface area contributed by atoms with Crippen LogP contribution >= 0.6 is 0 Å². The first-order valence-corrected chi connectivity index (χ1v) is 10.5. The number of hydrogen-bond acceptors (Lipinski definition) is 3. The third-order valence-electron chi connectivity index (χ3n) is 5.46. The van der Waals surface area contributed by atoms with Crippen LogP contribution in [0, 0.1) is 5.82 Å². The Morgan fingerprint density at radius 2 is 1.58 bits per heavy atom. The minimum atomic E-state index is -0.263. The van der Waals surface area contributed by atoms with Gasteiger partial charge in [0.25, 0.3) is 5.91 Å². The van der Waals surface area contributed by atoms with Crippen LogP contribution in [0.1, 0.15) is 22.0 Å². The van der Waals surface area contributed by atoms with E-state index in [1.54, 1.807) is 36.4 Å². The molecule has 4 rings (SSSR count). The van der Waals surface area contributed by atoms with E-state index >= 15 is 0 Å². The van der Waals surface area contributed by atoms with E-state index in [1.165, 1.54) is 17.0 Å². The van der Waals surface area contributed by atoms with Gasteiger partial charge in [0, 0.05) is 11.1 Å². The lowest BCUT2D eigenvalue weighted by molar-refractivity contribution is -0.937. The molecule has 31 heavy (non-hydrogen) atoms. The first kappa shape index (κ1) is 21.0. The first-order valence-electron chi connectivity index (χ1n) is 10.5. The molecular formula is C25H26FN2O3+. The van der Waals surface area contributed by atoms with Crippen molar-refractivity contribution in [1.29, 1.82) is 0 Å². The highest BCUT2D eigenvalue weighted by Gasteiger charge is 2.27. The van der Waals surface area contributed by atoms with E-state index in [9.17, 15) is 9.18 Å². The summed E-state index contributed by atoms with van der Waals surface area (Å²) in [5.41, 5.74) is 1.57. The zero-order valence-corrected chi connectivity index (χ0v) is 17.2. The average molecular weight is 421 g/mol. The predicted octanol–water partition coefficient (Wildman–Crippen LogP) is 3.00. The fourth-order valence-electron chi connectivity index (χ4n) is 3.77. The Hall–Kier alpha value is -3.22. The summed E-state index contributed by atoms with van der Waals surface area (Å²) >= 11 is 0. The van der Waals surface area contributed by atoms with Gasteiger partial charge in [-0.25, -0.2) is 4.39 Å². The molecule has 1 saturated heterocycles. The van der Waals surface area contributed by atoms with Gasteiger partial charge in [0.1, 0.15) is 36.4 Å². The van der Waals surface area contributed by atoms with Crippen molar-refractivity contribution < 1.29 is 23.6 Å². The number of quaternary nitrogens is 1. The zero-order chi connectivity index (χ0) is 21.5. The fourth-order valence-corrected chi connectivity index (χ4v) is 3.77. The molecule has 1 amide bonds. The van der Waals surface area contributed by atoms with E-state index in [0.29, 0.717) is 31.1 Å². The summed E-state index contributed by atoms with van der Waals surface area (Å²) in [6, 6.07) is 23.1. The predicted molar refractivity (Wildman–Crippen MR) is 116 cm³/mol. The molecular weight excluding hydrogens is 395 g/mol. The van der Waals surface area contributed by atoms with Gasteiger partial charge < -0.3 is 19.7 Å². The Morgan fingerprint density at radius 1 is 0.935 bits per heavy atom. The van der Waals surface area contributed by atoms with Gasteiger partial charge in [-0.05, 0) is 48.5 Å². The number of halogens is 1. The molecule has 6 heteroatoms. The summed E-state index contributed by atoms with van der Waals surface area (Å²) in [5.74, 6) is 1.01. The van der Waals surface area contributed by atoms with Crippen LogP contribution in [-0.2, 0) is 4.74 Å². The van der Waals surface area contributed by atoms with Crippen molar-refractivity contribution in [2.75, 3.05) is 32.8 Å². The van der Waals surface area contributed by atoms with Crippen molar-refractivity contribution >= 4 is 5.91 Å². The molecule has 0 aliphatic carbocycles. The maximum atomic E-state index is 13.4. The summed E-state index contributed by atoms with van der Waals surface area (Å²) in [4.78, 5) is 14.1. The number of para-hydroxylation sites is 1. The molecule has 1 aliphatic rings. The highest BCUT2D eigenvalue weighted by molar-refractivity contribution is 5.94. The van der Waals surface area contributed by atoms with E-state index in [1.807, 2.05) is 30.3 Å². The fraction of sp³-hybridized carbons (Fsp3) is 0.240. The molecule has 0 aromatic heterocycles. The summed E-state index contributed by atoms with van der Waals surface area (Å²) in [7, 11) is 0. The van der Waals surface area contributed by atoms with E-state index < -0.39 is 0 Å². The Morgan fingerprint density at radius 3 is 2.26 bits per heavy atom. The lowest BCUT2D eigenvalue weighted by atomic mass is 10.0. The molecule has 160 valence electrons. The largest absolute Gasteiger partial charge is 0.457 e. The van der Waals surface area contributed by atoms with Crippen LogP contribution in [0.2, 0.25) is 0 Å². The van der Waals surface area contributed by atoms with Crippen molar-refractivity contribution in [3.63, 3.8) is 0 Å². The second kappa shape index (κ2) is 10.2.